The zero-order valence-electron chi connectivity index (χ0n) is 11.7. The van der Waals surface area contributed by atoms with Gasteiger partial charge in [-0.15, -0.1) is 0 Å². The second-order valence-electron chi connectivity index (χ2n) is 6.33. The van der Waals surface area contributed by atoms with E-state index in [1.54, 1.807) is 0 Å². The van der Waals surface area contributed by atoms with Gasteiger partial charge in [-0.2, -0.15) is 0 Å². The molecule has 2 aliphatic rings. The molecule has 0 spiro atoms. The number of hydrogen-bond donors (Lipinski definition) is 1. The molecule has 2 saturated heterocycles. The minimum Gasteiger partial charge on any atom is -0.389 e. The van der Waals surface area contributed by atoms with Crippen molar-refractivity contribution in [2.45, 2.75) is 62.1 Å². The van der Waals surface area contributed by atoms with Gasteiger partial charge < -0.3 is 5.11 Å². The molecule has 19 heavy (non-hydrogen) atoms. The Morgan fingerprint density at radius 3 is 2.26 bits per heavy atom. The number of fused-ring (bicyclic) bond motifs is 2. The van der Waals surface area contributed by atoms with Gasteiger partial charge in [0.25, 0.3) is 0 Å². The summed E-state index contributed by atoms with van der Waals surface area (Å²) in [7, 11) is -0.694. The Morgan fingerprint density at radius 1 is 1.21 bits per heavy atom. The lowest BCUT2D eigenvalue weighted by Crippen LogP contribution is -2.44. The average molecular weight is 278 g/mol. The molecule has 0 aromatic heterocycles. The maximum absolute atomic E-state index is 12.1. The normalized spacial score (nSPS) is 37.5. The summed E-state index contributed by atoms with van der Waals surface area (Å²) in [5.41, 5.74) is 3.15. The second-order valence-corrected chi connectivity index (χ2v) is 8.32. The highest BCUT2D eigenvalue weighted by Gasteiger charge is 2.47. The van der Waals surface area contributed by atoms with Gasteiger partial charge in [0, 0.05) is 27.7 Å². The molecule has 104 valence electrons. The van der Waals surface area contributed by atoms with Crippen LogP contribution in [0.3, 0.4) is 0 Å². The van der Waals surface area contributed by atoms with Gasteiger partial charge in [0.05, 0.1) is 5.60 Å². The monoisotopic (exact) mass is 278 g/mol. The third kappa shape index (κ3) is 2.38. The predicted octanol–water partition coefficient (Wildman–Crippen LogP) is 2.65. The summed E-state index contributed by atoms with van der Waals surface area (Å²) in [6.07, 6.45) is 4.21. The van der Waals surface area contributed by atoms with Crippen LogP contribution in [0.5, 0.6) is 0 Å². The minimum atomic E-state index is -0.694. The highest BCUT2D eigenvalue weighted by Crippen LogP contribution is 2.42. The smallest absolute Gasteiger partial charge is 0.0711 e. The van der Waals surface area contributed by atoms with Crippen LogP contribution >= 0.6 is 0 Å². The fourth-order valence-electron chi connectivity index (χ4n) is 3.78. The largest absolute Gasteiger partial charge is 0.389 e. The average Bonchev–Trinajstić information content (AvgIpc) is 2.59. The summed E-state index contributed by atoms with van der Waals surface area (Å²) in [6.45, 7) is 4.22. The molecule has 1 N–H and O–H groups in total. The molecule has 0 amide bonds. The molecule has 2 unspecified atom stereocenters. The van der Waals surface area contributed by atoms with E-state index in [1.807, 2.05) is 0 Å². The third-order valence-corrected chi connectivity index (χ3v) is 6.95. The van der Waals surface area contributed by atoms with E-state index in [9.17, 15) is 9.32 Å². The summed E-state index contributed by atoms with van der Waals surface area (Å²) >= 11 is 0. The van der Waals surface area contributed by atoms with Gasteiger partial charge in [0.2, 0.25) is 0 Å². The Balaban J connectivity index is 1.85. The van der Waals surface area contributed by atoms with Gasteiger partial charge in [0.15, 0.2) is 0 Å². The predicted molar refractivity (Wildman–Crippen MR) is 78.8 cm³/mol. The van der Waals surface area contributed by atoms with Crippen LogP contribution in [-0.2, 0) is 17.2 Å². The molecule has 0 radical (unpaired) electrons. The first kappa shape index (κ1) is 13.3. The maximum atomic E-state index is 12.1. The summed E-state index contributed by atoms with van der Waals surface area (Å²) in [4.78, 5) is 0. The first-order valence-corrected chi connectivity index (χ1v) is 8.43. The van der Waals surface area contributed by atoms with Crippen molar-refractivity contribution < 1.29 is 9.32 Å². The fraction of sp³-hybridized carbons (Fsp3) is 0.625. The van der Waals surface area contributed by atoms with Crippen LogP contribution in [0.4, 0.5) is 0 Å². The molecule has 2 bridgehead atoms. The van der Waals surface area contributed by atoms with Crippen molar-refractivity contribution in [3.63, 3.8) is 0 Å². The van der Waals surface area contributed by atoms with Crippen molar-refractivity contribution in [3.8, 4) is 0 Å². The van der Waals surface area contributed by atoms with E-state index < -0.39 is 16.4 Å². The van der Waals surface area contributed by atoms with E-state index in [0.29, 0.717) is 12.8 Å². The quantitative estimate of drug-likeness (QED) is 0.903. The van der Waals surface area contributed by atoms with E-state index in [-0.39, 0.29) is 10.5 Å². The van der Waals surface area contributed by atoms with Gasteiger partial charge in [0.1, 0.15) is 0 Å². The number of benzene rings is 1. The SMILES string of the molecule is Cc1cccc(C)c1CC1(O)CC2CCC(C1)S2=O. The summed E-state index contributed by atoms with van der Waals surface area (Å²) in [6, 6.07) is 6.29. The van der Waals surface area contributed by atoms with E-state index >= 15 is 0 Å². The van der Waals surface area contributed by atoms with Crippen molar-refractivity contribution in [3.05, 3.63) is 34.9 Å². The summed E-state index contributed by atoms with van der Waals surface area (Å²) < 4.78 is 12.1. The van der Waals surface area contributed by atoms with E-state index in [1.165, 1.54) is 16.7 Å². The molecule has 2 nitrogen and oxygen atoms in total. The van der Waals surface area contributed by atoms with Gasteiger partial charge in [-0.05, 0) is 56.2 Å². The van der Waals surface area contributed by atoms with Gasteiger partial charge in [-0.25, -0.2) is 0 Å². The van der Waals surface area contributed by atoms with Crippen molar-refractivity contribution in [2.75, 3.05) is 0 Å². The number of hydrogen-bond acceptors (Lipinski definition) is 2. The van der Waals surface area contributed by atoms with E-state index in [2.05, 4.69) is 32.0 Å². The summed E-state index contributed by atoms with van der Waals surface area (Å²) in [5, 5.41) is 11.4. The lowest BCUT2D eigenvalue weighted by atomic mass is 9.84. The number of aliphatic hydroxyl groups is 1. The van der Waals surface area contributed by atoms with Crippen molar-refractivity contribution in [2.24, 2.45) is 0 Å². The highest BCUT2D eigenvalue weighted by molar-refractivity contribution is 7.86. The van der Waals surface area contributed by atoms with Crippen LogP contribution in [0, 0.1) is 13.8 Å². The molecule has 2 fully saturated rings. The minimum absolute atomic E-state index is 0.230. The summed E-state index contributed by atoms with van der Waals surface area (Å²) in [5.74, 6) is 0. The Kier molecular flexibility index (Phi) is 3.30. The Bertz CT molecular complexity index is 487. The molecule has 3 rings (SSSR count). The molecule has 1 aromatic carbocycles. The maximum Gasteiger partial charge on any atom is 0.0711 e. The van der Waals surface area contributed by atoms with E-state index in [4.69, 9.17) is 0 Å². The number of rotatable bonds is 2. The molecule has 2 atom stereocenters. The highest BCUT2D eigenvalue weighted by atomic mass is 32.2. The van der Waals surface area contributed by atoms with Crippen molar-refractivity contribution >= 4 is 10.8 Å². The van der Waals surface area contributed by atoms with Crippen LogP contribution in [-0.4, -0.2) is 25.4 Å². The Hall–Kier alpha value is -0.670. The second kappa shape index (κ2) is 4.71. The number of aryl methyl sites for hydroxylation is 2. The van der Waals surface area contributed by atoms with Crippen molar-refractivity contribution in [1.82, 2.24) is 0 Å². The van der Waals surface area contributed by atoms with Crippen LogP contribution in [0.15, 0.2) is 18.2 Å². The van der Waals surface area contributed by atoms with Crippen LogP contribution in [0.25, 0.3) is 0 Å². The zero-order valence-corrected chi connectivity index (χ0v) is 12.5. The lowest BCUT2D eigenvalue weighted by molar-refractivity contribution is 0.0228. The van der Waals surface area contributed by atoms with Gasteiger partial charge >= 0.3 is 0 Å². The molecule has 1 aromatic rings. The Labute approximate surface area is 117 Å². The molecule has 2 aliphatic heterocycles. The molecular formula is C16H22O2S. The molecule has 0 saturated carbocycles. The molecule has 3 heteroatoms. The molecular weight excluding hydrogens is 256 g/mol. The van der Waals surface area contributed by atoms with Crippen molar-refractivity contribution in [1.29, 1.82) is 0 Å². The first-order valence-electron chi connectivity index (χ1n) is 7.15. The molecule has 0 aliphatic carbocycles. The topological polar surface area (TPSA) is 37.3 Å². The molecule has 2 heterocycles. The van der Waals surface area contributed by atoms with Gasteiger partial charge in [-0.3, -0.25) is 4.21 Å². The standard InChI is InChI=1S/C16H22O2S/c1-11-4-3-5-12(2)15(11)10-16(17)8-13-6-7-14(9-16)19(13)18/h3-5,13-14,17H,6-10H2,1-2H3. The first-order chi connectivity index (χ1) is 8.98. The van der Waals surface area contributed by atoms with Gasteiger partial charge in [-0.1, -0.05) is 18.2 Å². The van der Waals surface area contributed by atoms with E-state index in [0.717, 1.165) is 19.3 Å². The lowest BCUT2D eigenvalue weighted by Gasteiger charge is -2.36. The van der Waals surface area contributed by atoms with Crippen LogP contribution in [0.2, 0.25) is 0 Å². The van der Waals surface area contributed by atoms with Crippen LogP contribution in [0.1, 0.15) is 42.4 Å². The third-order valence-electron chi connectivity index (χ3n) is 4.83. The zero-order chi connectivity index (χ0) is 13.6. The Morgan fingerprint density at radius 2 is 1.74 bits per heavy atom. The van der Waals surface area contributed by atoms with Crippen LogP contribution < -0.4 is 0 Å². The fourth-order valence-corrected chi connectivity index (χ4v) is 6.01.